The van der Waals surface area contributed by atoms with Crippen molar-refractivity contribution in [2.24, 2.45) is 0 Å². The Bertz CT molecular complexity index is 656. The first-order valence-corrected chi connectivity index (χ1v) is 7.43. The molecule has 0 unspecified atom stereocenters. The molecule has 0 fully saturated rings. The van der Waals surface area contributed by atoms with Crippen molar-refractivity contribution in [1.29, 1.82) is 0 Å². The molecule has 0 atom stereocenters. The highest BCUT2D eigenvalue weighted by Gasteiger charge is 1.99. The van der Waals surface area contributed by atoms with Gasteiger partial charge in [0.05, 0.1) is 3.79 Å². The van der Waals surface area contributed by atoms with Gasteiger partial charge in [-0.25, -0.2) is 0 Å². The van der Waals surface area contributed by atoms with Crippen LogP contribution in [-0.2, 0) is 13.1 Å². The van der Waals surface area contributed by atoms with E-state index < -0.39 is 0 Å². The number of nitrogens with one attached hydrogen (secondary N) is 2. The Morgan fingerprint density at radius 1 is 1.11 bits per heavy atom. The number of hydrogen-bond acceptors (Lipinski definition) is 2. The number of hydrogen-bond donors (Lipinski definition) is 2. The minimum atomic E-state index is 0.899. The van der Waals surface area contributed by atoms with Crippen LogP contribution in [0.1, 0.15) is 10.4 Å². The molecule has 0 radical (unpaired) electrons. The van der Waals surface area contributed by atoms with E-state index in [-0.39, 0.29) is 0 Å². The van der Waals surface area contributed by atoms with Crippen LogP contribution in [-0.4, -0.2) is 4.98 Å². The zero-order valence-electron chi connectivity index (χ0n) is 9.74. The molecule has 0 aliphatic rings. The molecule has 4 heteroatoms. The topological polar surface area (TPSA) is 27.8 Å². The van der Waals surface area contributed by atoms with Gasteiger partial charge in [0.15, 0.2) is 0 Å². The predicted octanol–water partition coefficient (Wildman–Crippen LogP) is 4.28. The average molecular weight is 321 g/mol. The van der Waals surface area contributed by atoms with E-state index in [1.165, 1.54) is 25.1 Å². The summed E-state index contributed by atoms with van der Waals surface area (Å²) in [4.78, 5) is 4.56. The molecule has 0 saturated carbocycles. The summed E-state index contributed by atoms with van der Waals surface area (Å²) < 4.78 is 1.19. The van der Waals surface area contributed by atoms with Crippen molar-refractivity contribution in [1.82, 2.24) is 10.3 Å². The number of benzene rings is 1. The van der Waals surface area contributed by atoms with E-state index in [4.69, 9.17) is 0 Å². The summed E-state index contributed by atoms with van der Waals surface area (Å²) in [6, 6.07) is 12.9. The fraction of sp³-hybridized carbons (Fsp3) is 0.143. The zero-order valence-corrected chi connectivity index (χ0v) is 12.1. The van der Waals surface area contributed by atoms with E-state index in [0.29, 0.717) is 0 Å². The van der Waals surface area contributed by atoms with E-state index >= 15 is 0 Å². The average Bonchev–Trinajstić information content (AvgIpc) is 2.97. The van der Waals surface area contributed by atoms with E-state index in [1.807, 2.05) is 6.20 Å². The number of H-pyrrole nitrogens is 1. The van der Waals surface area contributed by atoms with Crippen LogP contribution in [0.5, 0.6) is 0 Å². The maximum Gasteiger partial charge on any atom is 0.0701 e. The molecule has 0 amide bonds. The molecule has 0 spiro atoms. The van der Waals surface area contributed by atoms with Crippen molar-refractivity contribution >= 4 is 38.2 Å². The van der Waals surface area contributed by atoms with Crippen LogP contribution >= 0.6 is 27.3 Å². The summed E-state index contributed by atoms with van der Waals surface area (Å²) in [5.74, 6) is 0. The monoisotopic (exact) mass is 320 g/mol. The molecule has 2 N–H and O–H groups in total. The molecule has 3 rings (SSSR count). The van der Waals surface area contributed by atoms with Gasteiger partial charge in [0.25, 0.3) is 0 Å². The summed E-state index contributed by atoms with van der Waals surface area (Å²) in [6.07, 6.45) is 1.98. The fourth-order valence-electron chi connectivity index (χ4n) is 1.99. The van der Waals surface area contributed by atoms with E-state index in [2.05, 4.69) is 62.6 Å². The van der Waals surface area contributed by atoms with Gasteiger partial charge in [-0.05, 0) is 57.2 Å². The second kappa shape index (κ2) is 5.26. The fourth-order valence-corrected chi connectivity index (χ4v) is 3.44. The standard InChI is InChI=1S/C14H13BrN2S/c15-14-4-2-12(18-14)9-16-8-10-1-3-13-11(7-10)5-6-17-13/h1-7,16-17H,8-9H2. The normalized spacial score (nSPS) is 11.2. The van der Waals surface area contributed by atoms with Crippen LogP contribution in [0, 0.1) is 0 Å². The molecular weight excluding hydrogens is 308 g/mol. The number of thiophene rings is 1. The highest BCUT2D eigenvalue weighted by atomic mass is 79.9. The molecule has 2 heterocycles. The van der Waals surface area contributed by atoms with Gasteiger partial charge in [-0.15, -0.1) is 11.3 Å². The second-order valence-electron chi connectivity index (χ2n) is 4.21. The van der Waals surface area contributed by atoms with Gasteiger partial charge in [0.2, 0.25) is 0 Å². The van der Waals surface area contributed by atoms with Crippen molar-refractivity contribution in [2.45, 2.75) is 13.1 Å². The summed E-state index contributed by atoms with van der Waals surface area (Å²) >= 11 is 5.25. The summed E-state index contributed by atoms with van der Waals surface area (Å²) in [7, 11) is 0. The number of rotatable bonds is 4. The van der Waals surface area contributed by atoms with Crippen LogP contribution in [0.15, 0.2) is 46.4 Å². The van der Waals surface area contributed by atoms with E-state index in [9.17, 15) is 0 Å². The lowest BCUT2D eigenvalue weighted by atomic mass is 10.1. The first-order chi connectivity index (χ1) is 8.81. The third-order valence-electron chi connectivity index (χ3n) is 2.87. The third kappa shape index (κ3) is 2.66. The van der Waals surface area contributed by atoms with Crippen molar-refractivity contribution in [2.75, 3.05) is 0 Å². The molecule has 1 aromatic carbocycles. The minimum Gasteiger partial charge on any atom is -0.361 e. The van der Waals surface area contributed by atoms with Gasteiger partial charge in [-0.2, -0.15) is 0 Å². The molecule has 3 aromatic rings. The maximum absolute atomic E-state index is 3.48. The van der Waals surface area contributed by atoms with Crippen molar-refractivity contribution in [3.05, 3.63) is 56.8 Å². The number of halogens is 1. The summed E-state index contributed by atoms with van der Waals surface area (Å²) in [5, 5.41) is 4.74. The maximum atomic E-state index is 3.48. The first-order valence-electron chi connectivity index (χ1n) is 5.82. The highest BCUT2D eigenvalue weighted by Crippen LogP contribution is 2.22. The largest absolute Gasteiger partial charge is 0.361 e. The van der Waals surface area contributed by atoms with Gasteiger partial charge in [0, 0.05) is 29.7 Å². The molecule has 92 valence electrons. The Morgan fingerprint density at radius 2 is 2.06 bits per heavy atom. The summed E-state index contributed by atoms with van der Waals surface area (Å²) in [6.45, 7) is 1.82. The molecule has 0 aliphatic carbocycles. The SMILES string of the molecule is Brc1ccc(CNCc2ccc3[nH]ccc3c2)s1. The van der Waals surface area contributed by atoms with Gasteiger partial charge in [-0.3, -0.25) is 0 Å². The van der Waals surface area contributed by atoms with E-state index in [0.717, 1.165) is 13.1 Å². The molecule has 2 aromatic heterocycles. The summed E-state index contributed by atoms with van der Waals surface area (Å²) in [5.41, 5.74) is 2.51. The molecule has 0 aliphatic heterocycles. The first kappa shape index (κ1) is 12.0. The number of aromatic nitrogens is 1. The van der Waals surface area contributed by atoms with Crippen LogP contribution in [0.3, 0.4) is 0 Å². The second-order valence-corrected chi connectivity index (χ2v) is 6.76. The van der Waals surface area contributed by atoms with Crippen molar-refractivity contribution in [3.8, 4) is 0 Å². The Balaban J connectivity index is 1.62. The highest BCUT2D eigenvalue weighted by molar-refractivity contribution is 9.11. The minimum absolute atomic E-state index is 0.899. The predicted molar refractivity (Wildman–Crippen MR) is 80.9 cm³/mol. The lowest BCUT2D eigenvalue weighted by Crippen LogP contribution is -2.11. The molecule has 2 nitrogen and oxygen atoms in total. The lowest BCUT2D eigenvalue weighted by molar-refractivity contribution is 0.701. The third-order valence-corrected chi connectivity index (χ3v) is 4.50. The number of fused-ring (bicyclic) bond motifs is 1. The number of aromatic amines is 1. The van der Waals surface area contributed by atoms with Gasteiger partial charge < -0.3 is 10.3 Å². The smallest absolute Gasteiger partial charge is 0.0701 e. The van der Waals surface area contributed by atoms with Crippen LogP contribution in [0.2, 0.25) is 0 Å². The van der Waals surface area contributed by atoms with Crippen LogP contribution in [0.25, 0.3) is 10.9 Å². The Labute approximate surface area is 118 Å². The van der Waals surface area contributed by atoms with Crippen LogP contribution < -0.4 is 5.32 Å². The lowest BCUT2D eigenvalue weighted by Gasteiger charge is -2.03. The van der Waals surface area contributed by atoms with Gasteiger partial charge in [-0.1, -0.05) is 6.07 Å². The van der Waals surface area contributed by atoms with Crippen LogP contribution in [0.4, 0.5) is 0 Å². The van der Waals surface area contributed by atoms with Crippen molar-refractivity contribution in [3.63, 3.8) is 0 Å². The van der Waals surface area contributed by atoms with Gasteiger partial charge in [0.1, 0.15) is 0 Å². The quantitative estimate of drug-likeness (QED) is 0.737. The van der Waals surface area contributed by atoms with Gasteiger partial charge >= 0.3 is 0 Å². The molecular formula is C14H13BrN2S. The zero-order chi connectivity index (χ0) is 12.4. The van der Waals surface area contributed by atoms with E-state index in [1.54, 1.807) is 11.3 Å². The molecule has 0 bridgehead atoms. The molecule has 0 saturated heterocycles. The Morgan fingerprint density at radius 3 is 2.89 bits per heavy atom. The molecule has 18 heavy (non-hydrogen) atoms. The Hall–Kier alpha value is -1.10. The van der Waals surface area contributed by atoms with Crippen molar-refractivity contribution < 1.29 is 0 Å². The Kier molecular flexibility index (Phi) is 3.50.